The Morgan fingerprint density at radius 1 is 1.60 bits per heavy atom. The van der Waals surface area contributed by atoms with E-state index in [0.29, 0.717) is 0 Å². The van der Waals surface area contributed by atoms with Crippen LogP contribution in [0.1, 0.15) is 18.8 Å². The van der Waals surface area contributed by atoms with Crippen LogP contribution in [0.4, 0.5) is 0 Å². The van der Waals surface area contributed by atoms with Gasteiger partial charge in [0.05, 0.1) is 17.5 Å². The van der Waals surface area contributed by atoms with E-state index in [1.54, 1.807) is 6.20 Å². The van der Waals surface area contributed by atoms with Gasteiger partial charge in [0.15, 0.2) is 9.84 Å². The molecule has 0 saturated carbocycles. The van der Waals surface area contributed by atoms with E-state index in [0.717, 1.165) is 12.2 Å². The van der Waals surface area contributed by atoms with Crippen molar-refractivity contribution < 1.29 is 8.42 Å². The Bertz CT molecular complexity index is 452. The molecule has 0 radical (unpaired) electrons. The monoisotopic (exact) mass is 229 g/mol. The van der Waals surface area contributed by atoms with Gasteiger partial charge in [-0.2, -0.15) is 0 Å². The van der Waals surface area contributed by atoms with Gasteiger partial charge in [-0.05, 0) is 0 Å². The van der Waals surface area contributed by atoms with Crippen molar-refractivity contribution in [2.75, 3.05) is 11.5 Å². The lowest BCUT2D eigenvalue weighted by Gasteiger charge is -2.17. The minimum Gasteiger partial charge on any atom is -0.329 e. The molecule has 0 amide bonds. The van der Waals surface area contributed by atoms with E-state index in [1.807, 2.05) is 17.7 Å². The van der Waals surface area contributed by atoms with Crippen molar-refractivity contribution in [2.24, 2.45) is 5.73 Å². The van der Waals surface area contributed by atoms with Gasteiger partial charge in [0.1, 0.15) is 5.82 Å². The minimum absolute atomic E-state index is 0.0823. The molecule has 6 heteroatoms. The molecular formula is C9H15N3O2S. The largest absolute Gasteiger partial charge is 0.329 e. The van der Waals surface area contributed by atoms with Crippen molar-refractivity contribution in [1.82, 2.24) is 9.55 Å². The number of hydrogen-bond acceptors (Lipinski definition) is 4. The maximum absolute atomic E-state index is 11.4. The molecule has 2 atom stereocenters. The van der Waals surface area contributed by atoms with Crippen molar-refractivity contribution in [1.29, 1.82) is 0 Å². The molecule has 84 valence electrons. The molecule has 2 unspecified atom stereocenters. The first-order valence-corrected chi connectivity index (χ1v) is 6.83. The highest BCUT2D eigenvalue weighted by molar-refractivity contribution is 7.91. The number of nitrogens with zero attached hydrogens (tertiary/aromatic N) is 2. The Balaban J connectivity index is 2.33. The molecule has 2 heterocycles. The summed E-state index contributed by atoms with van der Waals surface area (Å²) < 4.78 is 24.8. The van der Waals surface area contributed by atoms with Crippen molar-refractivity contribution >= 4 is 9.84 Å². The van der Waals surface area contributed by atoms with E-state index in [-0.39, 0.29) is 23.6 Å². The van der Waals surface area contributed by atoms with E-state index in [9.17, 15) is 8.42 Å². The van der Waals surface area contributed by atoms with Gasteiger partial charge < -0.3 is 10.3 Å². The van der Waals surface area contributed by atoms with E-state index >= 15 is 0 Å². The predicted octanol–water partition coefficient (Wildman–Crippen LogP) is -0.258. The SMILES string of the molecule is CCc1nccn1C1CS(=O)(=O)CC1N. The molecule has 0 spiro atoms. The first kappa shape index (κ1) is 10.6. The van der Waals surface area contributed by atoms with Gasteiger partial charge in [0.2, 0.25) is 0 Å². The highest BCUT2D eigenvalue weighted by Crippen LogP contribution is 2.24. The van der Waals surface area contributed by atoms with Gasteiger partial charge in [-0.15, -0.1) is 0 Å². The molecule has 1 aromatic heterocycles. The smallest absolute Gasteiger partial charge is 0.154 e. The Morgan fingerprint density at radius 3 is 2.87 bits per heavy atom. The number of hydrogen-bond donors (Lipinski definition) is 1. The van der Waals surface area contributed by atoms with E-state index in [1.165, 1.54) is 0 Å². The Kier molecular flexibility index (Phi) is 2.56. The van der Waals surface area contributed by atoms with Crippen LogP contribution in [0.3, 0.4) is 0 Å². The number of sulfone groups is 1. The molecule has 1 aromatic rings. The topological polar surface area (TPSA) is 78.0 Å². The fraction of sp³-hybridized carbons (Fsp3) is 0.667. The second kappa shape index (κ2) is 3.61. The lowest BCUT2D eigenvalue weighted by molar-refractivity contribution is 0.478. The molecule has 1 aliphatic rings. The van der Waals surface area contributed by atoms with Crippen LogP contribution in [0.2, 0.25) is 0 Å². The molecule has 1 fully saturated rings. The van der Waals surface area contributed by atoms with Crippen molar-refractivity contribution in [3.05, 3.63) is 18.2 Å². The van der Waals surface area contributed by atoms with Crippen LogP contribution < -0.4 is 5.73 Å². The highest BCUT2D eigenvalue weighted by atomic mass is 32.2. The third kappa shape index (κ3) is 1.91. The van der Waals surface area contributed by atoms with Gasteiger partial charge in [-0.25, -0.2) is 13.4 Å². The van der Waals surface area contributed by atoms with E-state index in [2.05, 4.69) is 4.98 Å². The molecule has 5 nitrogen and oxygen atoms in total. The van der Waals surface area contributed by atoms with Gasteiger partial charge in [0.25, 0.3) is 0 Å². The lowest BCUT2D eigenvalue weighted by Crippen LogP contribution is -2.31. The average molecular weight is 229 g/mol. The summed E-state index contributed by atoms with van der Waals surface area (Å²) in [4.78, 5) is 4.17. The molecule has 1 aliphatic heterocycles. The predicted molar refractivity (Wildman–Crippen MR) is 57.3 cm³/mol. The number of aryl methyl sites for hydroxylation is 1. The second-order valence-electron chi connectivity index (χ2n) is 3.91. The lowest BCUT2D eigenvalue weighted by atomic mass is 10.2. The molecule has 0 aliphatic carbocycles. The van der Waals surface area contributed by atoms with Gasteiger partial charge in [-0.3, -0.25) is 0 Å². The first-order chi connectivity index (χ1) is 7.03. The summed E-state index contributed by atoms with van der Waals surface area (Å²) in [6.45, 7) is 1.99. The van der Waals surface area contributed by atoms with E-state index < -0.39 is 9.84 Å². The molecular weight excluding hydrogens is 214 g/mol. The van der Waals surface area contributed by atoms with Crippen molar-refractivity contribution in [2.45, 2.75) is 25.4 Å². The van der Waals surface area contributed by atoms with Gasteiger partial charge in [-0.1, -0.05) is 6.92 Å². The number of aromatic nitrogens is 2. The molecule has 0 aromatic carbocycles. The molecule has 15 heavy (non-hydrogen) atoms. The summed E-state index contributed by atoms with van der Waals surface area (Å²) in [6.07, 6.45) is 4.29. The zero-order valence-corrected chi connectivity index (χ0v) is 9.44. The Labute approximate surface area is 89.2 Å². The highest BCUT2D eigenvalue weighted by Gasteiger charge is 2.36. The summed E-state index contributed by atoms with van der Waals surface area (Å²) in [5.41, 5.74) is 5.84. The van der Waals surface area contributed by atoms with Crippen LogP contribution in [-0.4, -0.2) is 35.5 Å². The maximum Gasteiger partial charge on any atom is 0.154 e. The van der Waals surface area contributed by atoms with Crippen LogP contribution in [0.15, 0.2) is 12.4 Å². The third-order valence-corrected chi connectivity index (χ3v) is 4.53. The summed E-state index contributed by atoms with van der Waals surface area (Å²) >= 11 is 0. The number of rotatable bonds is 2. The zero-order valence-electron chi connectivity index (χ0n) is 8.63. The number of nitrogens with two attached hydrogens (primary N) is 1. The summed E-state index contributed by atoms with van der Waals surface area (Å²) in [6, 6.07) is -0.457. The third-order valence-electron chi connectivity index (χ3n) is 2.79. The molecule has 2 N–H and O–H groups in total. The van der Waals surface area contributed by atoms with Crippen LogP contribution in [-0.2, 0) is 16.3 Å². The summed E-state index contributed by atoms with van der Waals surface area (Å²) in [5.74, 6) is 1.11. The van der Waals surface area contributed by atoms with Gasteiger partial charge >= 0.3 is 0 Å². The Morgan fingerprint density at radius 2 is 2.33 bits per heavy atom. The minimum atomic E-state index is -2.97. The van der Waals surface area contributed by atoms with Crippen LogP contribution in [0.5, 0.6) is 0 Å². The van der Waals surface area contributed by atoms with Crippen molar-refractivity contribution in [3.8, 4) is 0 Å². The standard InChI is InChI=1S/C9H15N3O2S/c1-2-9-11-3-4-12(9)8-6-15(13,14)5-7(8)10/h3-4,7-8H,2,5-6,10H2,1H3. The Hall–Kier alpha value is -0.880. The molecule has 2 rings (SSSR count). The average Bonchev–Trinajstić information content (AvgIpc) is 2.69. The van der Waals surface area contributed by atoms with Gasteiger partial charge in [0, 0.05) is 24.9 Å². The van der Waals surface area contributed by atoms with Crippen LogP contribution in [0.25, 0.3) is 0 Å². The zero-order chi connectivity index (χ0) is 11.1. The molecule has 0 bridgehead atoms. The van der Waals surface area contributed by atoms with E-state index in [4.69, 9.17) is 5.73 Å². The fourth-order valence-electron chi connectivity index (χ4n) is 2.06. The summed E-state index contributed by atoms with van der Waals surface area (Å²) in [7, 11) is -2.97. The quantitative estimate of drug-likeness (QED) is 0.758. The van der Waals surface area contributed by atoms with Crippen molar-refractivity contribution in [3.63, 3.8) is 0 Å². The van der Waals surface area contributed by atoms with Crippen LogP contribution >= 0.6 is 0 Å². The normalized spacial score (nSPS) is 29.5. The maximum atomic E-state index is 11.4. The first-order valence-electron chi connectivity index (χ1n) is 5.01. The second-order valence-corrected chi connectivity index (χ2v) is 6.07. The molecule has 1 saturated heterocycles. The summed E-state index contributed by atoms with van der Waals surface area (Å²) in [5, 5.41) is 0. The number of imidazole rings is 1. The van der Waals surface area contributed by atoms with Crippen LogP contribution in [0, 0.1) is 0 Å². The fourth-order valence-corrected chi connectivity index (χ4v) is 3.94.